The van der Waals surface area contributed by atoms with E-state index in [9.17, 15) is 4.79 Å². The van der Waals surface area contributed by atoms with Gasteiger partial charge in [0.1, 0.15) is 0 Å². The van der Waals surface area contributed by atoms with Crippen molar-refractivity contribution in [3.63, 3.8) is 0 Å². The second-order valence-electron chi connectivity index (χ2n) is 4.67. The molecule has 0 aromatic heterocycles. The molecule has 0 saturated heterocycles. The average Bonchev–Trinajstić information content (AvgIpc) is 2.46. The van der Waals surface area contributed by atoms with Gasteiger partial charge >= 0.3 is 0 Å². The normalized spacial score (nSPS) is 10.8. The number of benzene rings is 2. The molecule has 0 aliphatic heterocycles. The van der Waals surface area contributed by atoms with Crippen molar-refractivity contribution >= 4 is 35.2 Å². The van der Waals surface area contributed by atoms with E-state index >= 15 is 0 Å². The smallest absolute Gasteiger partial charge is 0.244 e. The second-order valence-corrected chi connectivity index (χ2v) is 5.49. The molecule has 2 rings (SSSR count). The van der Waals surface area contributed by atoms with Crippen LogP contribution in [0.2, 0.25) is 10.0 Å². The number of aryl methyl sites for hydroxylation is 1. The summed E-state index contributed by atoms with van der Waals surface area (Å²) in [5, 5.41) is 3.85. The largest absolute Gasteiger partial charge is 0.348 e. The van der Waals surface area contributed by atoms with Crippen molar-refractivity contribution in [1.82, 2.24) is 5.32 Å². The molecule has 0 fully saturated rings. The van der Waals surface area contributed by atoms with E-state index in [1.165, 1.54) is 11.6 Å². The van der Waals surface area contributed by atoms with Crippen LogP contribution in [0.4, 0.5) is 0 Å². The van der Waals surface area contributed by atoms with E-state index in [0.29, 0.717) is 22.2 Å². The summed E-state index contributed by atoms with van der Waals surface area (Å²) in [6, 6.07) is 13.2. The predicted octanol–water partition coefficient (Wildman–Crippen LogP) is 4.63. The third-order valence-corrected chi connectivity index (χ3v) is 3.65. The van der Waals surface area contributed by atoms with Gasteiger partial charge in [-0.05, 0) is 30.7 Å². The molecule has 0 unspecified atom stereocenters. The lowest BCUT2D eigenvalue weighted by Gasteiger charge is -2.04. The minimum Gasteiger partial charge on any atom is -0.348 e. The Hall–Kier alpha value is -1.77. The van der Waals surface area contributed by atoms with E-state index in [-0.39, 0.29) is 5.91 Å². The standard InChI is InChI=1S/C17H15Cl2NO/c1-12-5-7-13(8-6-12)11-20-17(21)10-9-14-15(18)3-2-4-16(14)19/h2-10H,11H2,1H3,(H,20,21)/b10-9+. The topological polar surface area (TPSA) is 29.1 Å². The monoisotopic (exact) mass is 319 g/mol. The third kappa shape index (κ3) is 4.62. The van der Waals surface area contributed by atoms with Gasteiger partial charge < -0.3 is 5.32 Å². The summed E-state index contributed by atoms with van der Waals surface area (Å²) in [5.74, 6) is -0.188. The van der Waals surface area contributed by atoms with Crippen LogP contribution < -0.4 is 5.32 Å². The number of amides is 1. The van der Waals surface area contributed by atoms with Crippen LogP contribution in [-0.4, -0.2) is 5.91 Å². The molecule has 4 heteroatoms. The first-order valence-electron chi connectivity index (χ1n) is 6.52. The Morgan fingerprint density at radius 1 is 1.10 bits per heavy atom. The van der Waals surface area contributed by atoms with Crippen LogP contribution in [0.5, 0.6) is 0 Å². The van der Waals surface area contributed by atoms with E-state index in [4.69, 9.17) is 23.2 Å². The van der Waals surface area contributed by atoms with Gasteiger partial charge in [-0.2, -0.15) is 0 Å². The molecule has 108 valence electrons. The highest BCUT2D eigenvalue weighted by atomic mass is 35.5. The van der Waals surface area contributed by atoms with Crippen molar-refractivity contribution in [3.05, 3.63) is 75.3 Å². The molecule has 2 aromatic rings. The molecule has 21 heavy (non-hydrogen) atoms. The number of hydrogen-bond donors (Lipinski definition) is 1. The van der Waals surface area contributed by atoms with E-state index in [2.05, 4.69) is 5.32 Å². The van der Waals surface area contributed by atoms with Crippen molar-refractivity contribution in [3.8, 4) is 0 Å². The number of rotatable bonds is 4. The lowest BCUT2D eigenvalue weighted by Crippen LogP contribution is -2.20. The molecule has 0 radical (unpaired) electrons. The lowest BCUT2D eigenvalue weighted by atomic mass is 10.1. The minimum atomic E-state index is -0.188. The SMILES string of the molecule is Cc1ccc(CNC(=O)/C=C/c2c(Cl)cccc2Cl)cc1. The van der Waals surface area contributed by atoms with E-state index in [1.54, 1.807) is 24.3 Å². The van der Waals surface area contributed by atoms with Crippen molar-refractivity contribution in [1.29, 1.82) is 0 Å². The lowest BCUT2D eigenvalue weighted by molar-refractivity contribution is -0.116. The molecule has 0 spiro atoms. The van der Waals surface area contributed by atoms with Gasteiger partial charge in [0.2, 0.25) is 5.91 Å². The Labute approximate surface area is 134 Å². The van der Waals surface area contributed by atoms with E-state index < -0.39 is 0 Å². The van der Waals surface area contributed by atoms with Crippen LogP contribution >= 0.6 is 23.2 Å². The summed E-state index contributed by atoms with van der Waals surface area (Å²) < 4.78 is 0. The highest BCUT2D eigenvalue weighted by Crippen LogP contribution is 2.25. The highest BCUT2D eigenvalue weighted by Gasteiger charge is 2.02. The van der Waals surface area contributed by atoms with Gasteiger partial charge in [-0.15, -0.1) is 0 Å². The number of carbonyl (C=O) groups is 1. The maximum absolute atomic E-state index is 11.8. The second kappa shape index (κ2) is 7.30. The summed E-state index contributed by atoms with van der Waals surface area (Å²) in [4.78, 5) is 11.8. The van der Waals surface area contributed by atoms with Crippen molar-refractivity contribution in [2.45, 2.75) is 13.5 Å². The quantitative estimate of drug-likeness (QED) is 0.818. The third-order valence-electron chi connectivity index (χ3n) is 2.99. The molecule has 0 aliphatic rings. The van der Waals surface area contributed by atoms with Crippen LogP contribution in [0.15, 0.2) is 48.5 Å². The van der Waals surface area contributed by atoms with Crippen molar-refractivity contribution in [2.24, 2.45) is 0 Å². The maximum Gasteiger partial charge on any atom is 0.244 e. The fourth-order valence-electron chi connectivity index (χ4n) is 1.78. The van der Waals surface area contributed by atoms with Crippen LogP contribution in [-0.2, 0) is 11.3 Å². The summed E-state index contributed by atoms with van der Waals surface area (Å²) in [6.07, 6.45) is 3.05. The van der Waals surface area contributed by atoms with Gasteiger partial charge in [0.05, 0.1) is 0 Å². The zero-order valence-corrected chi connectivity index (χ0v) is 13.1. The molecule has 1 amide bonds. The molecule has 0 aliphatic carbocycles. The van der Waals surface area contributed by atoms with E-state index in [0.717, 1.165) is 5.56 Å². The molecule has 0 heterocycles. The molecule has 2 aromatic carbocycles. The molecule has 1 N–H and O–H groups in total. The van der Waals surface area contributed by atoms with Crippen LogP contribution in [0.3, 0.4) is 0 Å². The number of nitrogens with one attached hydrogen (secondary N) is 1. The van der Waals surface area contributed by atoms with Crippen LogP contribution in [0.25, 0.3) is 6.08 Å². The first-order chi connectivity index (χ1) is 10.1. The zero-order chi connectivity index (χ0) is 15.2. The van der Waals surface area contributed by atoms with Gasteiger partial charge in [-0.1, -0.05) is 59.1 Å². The first-order valence-corrected chi connectivity index (χ1v) is 7.27. The van der Waals surface area contributed by atoms with Gasteiger partial charge in [-0.25, -0.2) is 0 Å². The summed E-state index contributed by atoms with van der Waals surface area (Å²) in [6.45, 7) is 2.51. The van der Waals surface area contributed by atoms with Crippen molar-refractivity contribution in [2.75, 3.05) is 0 Å². The van der Waals surface area contributed by atoms with Crippen LogP contribution in [0.1, 0.15) is 16.7 Å². The number of halogens is 2. The minimum absolute atomic E-state index is 0.188. The highest BCUT2D eigenvalue weighted by molar-refractivity contribution is 6.37. The fourth-order valence-corrected chi connectivity index (χ4v) is 2.31. The Morgan fingerprint density at radius 3 is 2.33 bits per heavy atom. The Morgan fingerprint density at radius 2 is 1.71 bits per heavy atom. The number of carbonyl (C=O) groups excluding carboxylic acids is 1. The summed E-state index contributed by atoms with van der Waals surface area (Å²) in [7, 11) is 0. The van der Waals surface area contributed by atoms with Gasteiger partial charge in [0, 0.05) is 28.2 Å². The Balaban J connectivity index is 1.95. The Kier molecular flexibility index (Phi) is 5.43. The van der Waals surface area contributed by atoms with Crippen LogP contribution in [0, 0.1) is 6.92 Å². The fraction of sp³-hybridized carbons (Fsp3) is 0.118. The molecule has 0 atom stereocenters. The van der Waals surface area contributed by atoms with Gasteiger partial charge in [0.15, 0.2) is 0 Å². The average molecular weight is 320 g/mol. The Bertz CT molecular complexity index is 643. The molecule has 0 saturated carbocycles. The van der Waals surface area contributed by atoms with E-state index in [1.807, 2.05) is 31.2 Å². The van der Waals surface area contributed by atoms with Gasteiger partial charge in [-0.3, -0.25) is 4.79 Å². The molecular formula is C17H15Cl2NO. The van der Waals surface area contributed by atoms with Gasteiger partial charge in [0.25, 0.3) is 0 Å². The molecular weight excluding hydrogens is 305 g/mol. The maximum atomic E-state index is 11.8. The number of hydrogen-bond acceptors (Lipinski definition) is 1. The molecule has 2 nitrogen and oxygen atoms in total. The summed E-state index contributed by atoms with van der Waals surface area (Å²) in [5.41, 5.74) is 2.89. The van der Waals surface area contributed by atoms with Crippen molar-refractivity contribution < 1.29 is 4.79 Å². The summed E-state index contributed by atoms with van der Waals surface area (Å²) >= 11 is 12.1. The predicted molar refractivity (Wildman–Crippen MR) is 88.5 cm³/mol. The zero-order valence-electron chi connectivity index (χ0n) is 11.6. The molecule has 0 bridgehead atoms. The first kappa shape index (κ1) is 15.6.